The van der Waals surface area contributed by atoms with E-state index in [-0.39, 0.29) is 6.61 Å². The third-order valence-electron chi connectivity index (χ3n) is 2.59. The van der Waals surface area contributed by atoms with Crippen molar-refractivity contribution in [2.75, 3.05) is 6.61 Å². The average Bonchev–Trinajstić information content (AvgIpc) is 3.02. The smallest absolute Gasteiger partial charge is 0.339 e. The SMILES string of the molecule is CC.CCOC(=O)C(O)c1cccc(Cn2ccnn2)c1. The molecule has 2 rings (SSSR count). The van der Waals surface area contributed by atoms with Crippen LogP contribution in [0.2, 0.25) is 0 Å². The van der Waals surface area contributed by atoms with Crippen molar-refractivity contribution in [2.24, 2.45) is 0 Å². The van der Waals surface area contributed by atoms with E-state index in [2.05, 4.69) is 10.3 Å². The monoisotopic (exact) mass is 291 g/mol. The fourth-order valence-corrected chi connectivity index (χ4v) is 1.72. The number of hydrogen-bond donors (Lipinski definition) is 1. The van der Waals surface area contributed by atoms with Gasteiger partial charge in [-0.25, -0.2) is 9.48 Å². The highest BCUT2D eigenvalue weighted by molar-refractivity contribution is 5.76. The van der Waals surface area contributed by atoms with E-state index in [4.69, 9.17) is 4.74 Å². The van der Waals surface area contributed by atoms with Crippen LogP contribution in [-0.4, -0.2) is 32.7 Å². The lowest BCUT2D eigenvalue weighted by Gasteiger charge is -2.11. The molecule has 1 N–H and O–H groups in total. The van der Waals surface area contributed by atoms with Crippen LogP contribution in [0.4, 0.5) is 0 Å². The molecule has 1 aromatic carbocycles. The Hall–Kier alpha value is -2.21. The summed E-state index contributed by atoms with van der Waals surface area (Å²) in [4.78, 5) is 11.5. The Morgan fingerprint density at radius 2 is 2.19 bits per heavy atom. The maximum Gasteiger partial charge on any atom is 0.339 e. The standard InChI is InChI=1S/C13H15N3O3.C2H6/c1-2-19-13(18)12(17)11-5-3-4-10(8-11)9-16-7-6-14-15-16;1-2/h3-8,12,17H,2,9H2,1H3;1-2H3. The van der Waals surface area contributed by atoms with Crippen molar-refractivity contribution < 1.29 is 14.6 Å². The molecule has 0 radical (unpaired) electrons. The summed E-state index contributed by atoms with van der Waals surface area (Å²) in [6.07, 6.45) is 2.09. The molecule has 1 unspecified atom stereocenters. The summed E-state index contributed by atoms with van der Waals surface area (Å²) in [5.41, 5.74) is 1.43. The van der Waals surface area contributed by atoms with Gasteiger partial charge >= 0.3 is 5.97 Å². The third-order valence-corrected chi connectivity index (χ3v) is 2.59. The molecule has 6 nitrogen and oxygen atoms in total. The zero-order chi connectivity index (χ0) is 15.7. The minimum absolute atomic E-state index is 0.245. The van der Waals surface area contributed by atoms with Crippen molar-refractivity contribution in [1.82, 2.24) is 15.0 Å². The van der Waals surface area contributed by atoms with Gasteiger partial charge in [0.1, 0.15) is 0 Å². The second-order valence-electron chi connectivity index (χ2n) is 4.00. The summed E-state index contributed by atoms with van der Waals surface area (Å²) < 4.78 is 6.45. The quantitative estimate of drug-likeness (QED) is 0.852. The molecular weight excluding hydrogens is 270 g/mol. The van der Waals surface area contributed by atoms with Crippen LogP contribution < -0.4 is 0 Å². The lowest BCUT2D eigenvalue weighted by atomic mass is 10.1. The Morgan fingerprint density at radius 1 is 1.43 bits per heavy atom. The Kier molecular flexibility index (Phi) is 7.11. The number of nitrogens with zero attached hydrogens (tertiary/aromatic N) is 3. The summed E-state index contributed by atoms with van der Waals surface area (Å²) in [6, 6.07) is 7.11. The number of rotatable bonds is 5. The highest BCUT2D eigenvalue weighted by Gasteiger charge is 2.18. The van der Waals surface area contributed by atoms with E-state index in [1.165, 1.54) is 0 Å². The Labute approximate surface area is 124 Å². The van der Waals surface area contributed by atoms with Crippen LogP contribution in [0.25, 0.3) is 0 Å². The van der Waals surface area contributed by atoms with Crippen LogP contribution >= 0.6 is 0 Å². The van der Waals surface area contributed by atoms with Crippen LogP contribution in [0, 0.1) is 0 Å². The summed E-state index contributed by atoms with van der Waals surface area (Å²) in [7, 11) is 0. The predicted molar refractivity (Wildman–Crippen MR) is 78.5 cm³/mol. The molecule has 0 bridgehead atoms. The van der Waals surface area contributed by atoms with Crippen molar-refractivity contribution in [3.05, 3.63) is 47.8 Å². The molecule has 0 saturated carbocycles. The number of aromatic nitrogens is 3. The number of carbonyl (C=O) groups is 1. The molecule has 2 aromatic rings. The van der Waals surface area contributed by atoms with E-state index in [1.807, 2.05) is 19.9 Å². The average molecular weight is 291 g/mol. The maximum atomic E-state index is 11.5. The van der Waals surface area contributed by atoms with Crippen molar-refractivity contribution in [3.8, 4) is 0 Å². The van der Waals surface area contributed by atoms with Gasteiger partial charge in [0.15, 0.2) is 6.10 Å². The molecule has 0 aliphatic carbocycles. The number of aliphatic hydroxyl groups excluding tert-OH is 1. The second kappa shape index (κ2) is 8.86. The Bertz CT molecular complexity index is 541. The van der Waals surface area contributed by atoms with Crippen molar-refractivity contribution in [2.45, 2.75) is 33.4 Å². The first-order valence-electron chi connectivity index (χ1n) is 6.98. The first-order valence-corrected chi connectivity index (χ1v) is 6.98. The molecule has 1 atom stereocenters. The van der Waals surface area contributed by atoms with Gasteiger partial charge < -0.3 is 9.84 Å². The van der Waals surface area contributed by atoms with Gasteiger partial charge in [0.25, 0.3) is 0 Å². The number of esters is 1. The van der Waals surface area contributed by atoms with Crippen molar-refractivity contribution in [3.63, 3.8) is 0 Å². The van der Waals surface area contributed by atoms with Crippen molar-refractivity contribution >= 4 is 5.97 Å². The zero-order valence-corrected chi connectivity index (χ0v) is 12.6. The van der Waals surface area contributed by atoms with E-state index in [0.717, 1.165) is 5.56 Å². The first-order chi connectivity index (χ1) is 10.2. The third kappa shape index (κ3) is 5.00. The highest BCUT2D eigenvalue weighted by Crippen LogP contribution is 2.16. The van der Waals surface area contributed by atoms with Gasteiger partial charge in [0.2, 0.25) is 0 Å². The highest BCUT2D eigenvalue weighted by atomic mass is 16.5. The Morgan fingerprint density at radius 3 is 2.81 bits per heavy atom. The molecule has 21 heavy (non-hydrogen) atoms. The van der Waals surface area contributed by atoms with E-state index in [9.17, 15) is 9.90 Å². The topological polar surface area (TPSA) is 77.2 Å². The number of ether oxygens (including phenoxy) is 1. The summed E-state index contributed by atoms with van der Waals surface area (Å²) in [6.45, 7) is 6.48. The lowest BCUT2D eigenvalue weighted by molar-refractivity contribution is -0.153. The predicted octanol–water partition coefficient (Wildman–Crippen LogP) is 1.95. The van der Waals surface area contributed by atoms with E-state index in [0.29, 0.717) is 12.1 Å². The van der Waals surface area contributed by atoms with Crippen molar-refractivity contribution in [1.29, 1.82) is 0 Å². The van der Waals surface area contributed by atoms with Gasteiger partial charge in [0.05, 0.1) is 19.3 Å². The minimum Gasteiger partial charge on any atom is -0.464 e. The van der Waals surface area contributed by atoms with Crippen LogP contribution in [-0.2, 0) is 16.1 Å². The van der Waals surface area contributed by atoms with Crippen LogP contribution in [0.1, 0.15) is 38.0 Å². The zero-order valence-electron chi connectivity index (χ0n) is 12.6. The molecule has 0 saturated heterocycles. The molecular formula is C15H21N3O3. The summed E-state index contributed by atoms with van der Waals surface area (Å²) >= 11 is 0. The molecule has 0 aliphatic rings. The summed E-state index contributed by atoms with van der Waals surface area (Å²) in [5.74, 6) is -0.639. The van der Waals surface area contributed by atoms with Crippen LogP contribution in [0.3, 0.4) is 0 Å². The molecule has 6 heteroatoms. The van der Waals surface area contributed by atoms with E-state index in [1.54, 1.807) is 42.2 Å². The molecule has 0 amide bonds. The van der Waals surface area contributed by atoms with E-state index < -0.39 is 12.1 Å². The van der Waals surface area contributed by atoms with Gasteiger partial charge in [-0.1, -0.05) is 43.3 Å². The second-order valence-corrected chi connectivity index (χ2v) is 4.00. The molecule has 114 valence electrons. The first kappa shape index (κ1) is 16.8. The van der Waals surface area contributed by atoms with E-state index >= 15 is 0 Å². The van der Waals surface area contributed by atoms with Gasteiger partial charge in [-0.2, -0.15) is 0 Å². The van der Waals surface area contributed by atoms with Gasteiger partial charge in [-0.05, 0) is 18.1 Å². The van der Waals surface area contributed by atoms with Crippen LogP contribution in [0.15, 0.2) is 36.7 Å². The largest absolute Gasteiger partial charge is 0.464 e. The van der Waals surface area contributed by atoms with Crippen LogP contribution in [0.5, 0.6) is 0 Å². The number of benzene rings is 1. The fraction of sp³-hybridized carbons (Fsp3) is 0.400. The van der Waals surface area contributed by atoms with Gasteiger partial charge in [0, 0.05) is 6.20 Å². The molecule has 0 aliphatic heterocycles. The molecule has 1 heterocycles. The lowest BCUT2D eigenvalue weighted by Crippen LogP contribution is -2.15. The number of hydrogen-bond acceptors (Lipinski definition) is 5. The van der Waals surface area contributed by atoms with Gasteiger partial charge in [-0.3, -0.25) is 0 Å². The summed E-state index contributed by atoms with van der Waals surface area (Å²) in [5, 5.41) is 17.4. The number of aliphatic hydroxyl groups is 1. The molecule has 0 spiro atoms. The normalized spacial score (nSPS) is 11.2. The molecule has 1 aromatic heterocycles. The maximum absolute atomic E-state index is 11.5. The number of carbonyl (C=O) groups excluding carboxylic acids is 1. The fourth-order valence-electron chi connectivity index (χ4n) is 1.72. The van der Waals surface area contributed by atoms with Gasteiger partial charge in [-0.15, -0.1) is 5.10 Å². The Balaban J connectivity index is 0.00000106. The molecule has 0 fully saturated rings. The minimum atomic E-state index is -1.25.